The number of carbonyl (C=O) groups is 1. The number of sulfonamides is 1. The number of benzene rings is 1. The average Bonchev–Trinajstić information content (AvgIpc) is 2.46. The zero-order chi connectivity index (χ0) is 15.6. The van der Waals surface area contributed by atoms with Gasteiger partial charge in [0.1, 0.15) is 16.8 Å². The molecule has 1 aliphatic rings. The SMILES string of the molecule is C[C@H](O)C(=O)N1CCN(S(=O)(=O)c2ccccc2F)CC1. The first kappa shape index (κ1) is 15.9. The van der Waals surface area contributed by atoms with E-state index in [2.05, 4.69) is 0 Å². The molecule has 21 heavy (non-hydrogen) atoms. The quantitative estimate of drug-likeness (QED) is 0.854. The fourth-order valence-electron chi connectivity index (χ4n) is 2.21. The molecule has 8 heteroatoms. The van der Waals surface area contributed by atoms with Gasteiger partial charge in [0.05, 0.1) is 0 Å². The van der Waals surface area contributed by atoms with E-state index < -0.39 is 27.9 Å². The summed E-state index contributed by atoms with van der Waals surface area (Å²) in [6.45, 7) is 1.88. The first-order chi connectivity index (χ1) is 9.84. The molecule has 1 aliphatic heterocycles. The van der Waals surface area contributed by atoms with Gasteiger partial charge in [-0.15, -0.1) is 0 Å². The van der Waals surface area contributed by atoms with Crippen molar-refractivity contribution < 1.29 is 22.7 Å². The molecule has 0 unspecified atom stereocenters. The summed E-state index contributed by atoms with van der Waals surface area (Å²) in [5.74, 6) is -1.22. The minimum Gasteiger partial charge on any atom is -0.384 e. The van der Waals surface area contributed by atoms with Crippen LogP contribution in [0.5, 0.6) is 0 Å². The van der Waals surface area contributed by atoms with Crippen molar-refractivity contribution in [2.75, 3.05) is 26.2 Å². The van der Waals surface area contributed by atoms with Gasteiger partial charge >= 0.3 is 0 Å². The Bertz CT molecular complexity index is 625. The monoisotopic (exact) mass is 316 g/mol. The van der Waals surface area contributed by atoms with E-state index in [0.717, 1.165) is 10.4 Å². The topological polar surface area (TPSA) is 77.9 Å². The highest BCUT2D eigenvalue weighted by Crippen LogP contribution is 2.20. The summed E-state index contributed by atoms with van der Waals surface area (Å²) in [6.07, 6.45) is -1.11. The predicted octanol–water partition coefficient (Wildman–Crippen LogP) is 0.0394. The normalized spacial score (nSPS) is 18.5. The molecule has 1 atom stereocenters. The van der Waals surface area contributed by atoms with E-state index in [-0.39, 0.29) is 31.1 Å². The number of amides is 1. The van der Waals surface area contributed by atoms with Crippen molar-refractivity contribution in [1.82, 2.24) is 9.21 Å². The van der Waals surface area contributed by atoms with Crippen LogP contribution in [0.2, 0.25) is 0 Å². The van der Waals surface area contributed by atoms with Crippen LogP contribution in [0.1, 0.15) is 6.92 Å². The molecule has 0 radical (unpaired) electrons. The first-order valence-corrected chi connectivity index (χ1v) is 7.99. The number of carbonyl (C=O) groups excluding carboxylic acids is 1. The summed E-state index contributed by atoms with van der Waals surface area (Å²) in [5, 5.41) is 9.24. The van der Waals surface area contributed by atoms with E-state index in [4.69, 9.17) is 0 Å². The maximum absolute atomic E-state index is 13.6. The van der Waals surface area contributed by atoms with Crippen LogP contribution < -0.4 is 0 Å². The minimum atomic E-state index is -3.90. The first-order valence-electron chi connectivity index (χ1n) is 6.55. The molecule has 1 amide bonds. The van der Waals surface area contributed by atoms with Gasteiger partial charge in [0, 0.05) is 26.2 Å². The van der Waals surface area contributed by atoms with Crippen molar-refractivity contribution >= 4 is 15.9 Å². The maximum atomic E-state index is 13.6. The second kappa shape index (κ2) is 6.08. The smallest absolute Gasteiger partial charge is 0.251 e. The summed E-state index contributed by atoms with van der Waals surface area (Å²) in [5.41, 5.74) is 0. The summed E-state index contributed by atoms with van der Waals surface area (Å²) < 4.78 is 39.5. The summed E-state index contributed by atoms with van der Waals surface area (Å²) in [7, 11) is -3.90. The molecule has 0 aliphatic carbocycles. The van der Waals surface area contributed by atoms with Crippen LogP contribution in [-0.4, -0.2) is 60.9 Å². The van der Waals surface area contributed by atoms with E-state index in [1.807, 2.05) is 0 Å². The van der Waals surface area contributed by atoms with Crippen LogP contribution in [0.4, 0.5) is 4.39 Å². The molecule has 0 saturated carbocycles. The van der Waals surface area contributed by atoms with Crippen LogP contribution in [0.15, 0.2) is 29.2 Å². The van der Waals surface area contributed by atoms with Crippen LogP contribution in [0.3, 0.4) is 0 Å². The molecule has 1 heterocycles. The molecular weight excluding hydrogens is 299 g/mol. The number of halogens is 1. The number of aliphatic hydroxyl groups is 1. The van der Waals surface area contributed by atoms with Crippen molar-refractivity contribution in [3.8, 4) is 0 Å². The Morgan fingerprint density at radius 3 is 2.33 bits per heavy atom. The summed E-state index contributed by atoms with van der Waals surface area (Å²) in [4.78, 5) is 12.7. The standard InChI is InChI=1S/C13H17FN2O4S/c1-10(17)13(18)15-6-8-16(9-7-15)21(19,20)12-5-3-2-4-11(12)14/h2-5,10,17H,6-9H2,1H3/t10-/m0/s1. The Morgan fingerprint density at radius 2 is 1.81 bits per heavy atom. The lowest BCUT2D eigenvalue weighted by atomic mass is 10.3. The third-order valence-electron chi connectivity index (χ3n) is 3.36. The van der Waals surface area contributed by atoms with Crippen molar-refractivity contribution in [2.45, 2.75) is 17.9 Å². The number of rotatable bonds is 3. The van der Waals surface area contributed by atoms with Gasteiger partial charge in [-0.2, -0.15) is 4.31 Å². The molecule has 1 aromatic rings. The Labute approximate surface area is 122 Å². The van der Waals surface area contributed by atoms with Gasteiger partial charge in [-0.25, -0.2) is 12.8 Å². The molecule has 0 aromatic heterocycles. The van der Waals surface area contributed by atoms with Gasteiger partial charge in [-0.3, -0.25) is 4.79 Å². The van der Waals surface area contributed by atoms with Gasteiger partial charge in [0.25, 0.3) is 5.91 Å². The zero-order valence-corrected chi connectivity index (χ0v) is 12.4. The fraction of sp³-hybridized carbons (Fsp3) is 0.462. The van der Waals surface area contributed by atoms with E-state index in [1.165, 1.54) is 30.0 Å². The van der Waals surface area contributed by atoms with E-state index >= 15 is 0 Å². The van der Waals surface area contributed by atoms with E-state index in [1.54, 1.807) is 0 Å². The molecule has 0 bridgehead atoms. The highest BCUT2D eigenvalue weighted by Gasteiger charge is 2.32. The van der Waals surface area contributed by atoms with Crippen molar-refractivity contribution in [3.05, 3.63) is 30.1 Å². The zero-order valence-electron chi connectivity index (χ0n) is 11.6. The van der Waals surface area contributed by atoms with Gasteiger partial charge in [-0.05, 0) is 19.1 Å². The predicted molar refractivity (Wildman–Crippen MR) is 73.4 cm³/mol. The molecular formula is C13H17FN2O4S. The molecule has 2 rings (SSSR count). The lowest BCUT2D eigenvalue weighted by Crippen LogP contribution is -2.52. The molecule has 1 saturated heterocycles. The molecule has 1 fully saturated rings. The Hall–Kier alpha value is -1.51. The van der Waals surface area contributed by atoms with Gasteiger partial charge in [0.2, 0.25) is 10.0 Å². The minimum absolute atomic E-state index is 0.0785. The fourth-order valence-corrected chi connectivity index (χ4v) is 3.69. The molecule has 0 spiro atoms. The largest absolute Gasteiger partial charge is 0.384 e. The lowest BCUT2D eigenvalue weighted by molar-refractivity contribution is -0.140. The number of piperazine rings is 1. The number of hydrogen-bond acceptors (Lipinski definition) is 4. The maximum Gasteiger partial charge on any atom is 0.251 e. The molecule has 116 valence electrons. The molecule has 1 aromatic carbocycles. The second-order valence-electron chi connectivity index (χ2n) is 4.84. The third-order valence-corrected chi connectivity index (χ3v) is 5.29. The van der Waals surface area contributed by atoms with Crippen LogP contribution in [0, 0.1) is 5.82 Å². The van der Waals surface area contributed by atoms with Crippen LogP contribution in [-0.2, 0) is 14.8 Å². The summed E-state index contributed by atoms with van der Waals surface area (Å²) >= 11 is 0. The van der Waals surface area contributed by atoms with E-state index in [0.29, 0.717) is 0 Å². The second-order valence-corrected chi connectivity index (χ2v) is 6.74. The van der Waals surface area contributed by atoms with E-state index in [9.17, 15) is 22.7 Å². The molecule has 6 nitrogen and oxygen atoms in total. The highest BCUT2D eigenvalue weighted by molar-refractivity contribution is 7.89. The average molecular weight is 316 g/mol. The van der Waals surface area contributed by atoms with Crippen LogP contribution >= 0.6 is 0 Å². The van der Waals surface area contributed by atoms with Crippen LogP contribution in [0.25, 0.3) is 0 Å². The Morgan fingerprint density at radius 1 is 1.24 bits per heavy atom. The number of hydrogen-bond donors (Lipinski definition) is 1. The van der Waals surface area contributed by atoms with Crippen molar-refractivity contribution in [2.24, 2.45) is 0 Å². The van der Waals surface area contributed by atoms with Gasteiger partial charge in [-0.1, -0.05) is 12.1 Å². The Kier molecular flexibility index (Phi) is 4.60. The van der Waals surface area contributed by atoms with Gasteiger partial charge < -0.3 is 10.0 Å². The van der Waals surface area contributed by atoms with Crippen molar-refractivity contribution in [1.29, 1.82) is 0 Å². The number of nitrogens with zero attached hydrogens (tertiary/aromatic N) is 2. The lowest BCUT2D eigenvalue weighted by Gasteiger charge is -2.34. The molecule has 1 N–H and O–H groups in total. The number of aliphatic hydroxyl groups excluding tert-OH is 1. The third kappa shape index (κ3) is 3.22. The summed E-state index contributed by atoms with van der Waals surface area (Å²) in [6, 6.07) is 5.20. The Balaban J connectivity index is 2.12. The van der Waals surface area contributed by atoms with Crippen molar-refractivity contribution in [3.63, 3.8) is 0 Å². The van der Waals surface area contributed by atoms with Gasteiger partial charge in [0.15, 0.2) is 0 Å². The highest BCUT2D eigenvalue weighted by atomic mass is 32.2.